The normalized spacial score (nSPS) is 25.7. The van der Waals surface area contributed by atoms with Gasteiger partial charge in [0.25, 0.3) is 5.91 Å². The van der Waals surface area contributed by atoms with E-state index in [0.29, 0.717) is 84.1 Å². The van der Waals surface area contributed by atoms with Crippen molar-refractivity contribution >= 4 is 53.6 Å². The maximum absolute atomic E-state index is 13.6. The zero-order valence-corrected chi connectivity index (χ0v) is 31.0. The van der Waals surface area contributed by atoms with Crippen molar-refractivity contribution in [1.29, 1.82) is 0 Å². The Morgan fingerprint density at radius 2 is 1.30 bits per heavy atom. The number of hydrogen-bond acceptors (Lipinski definition) is 8. The van der Waals surface area contributed by atoms with Crippen molar-refractivity contribution in [3.8, 4) is 0 Å². The first-order chi connectivity index (χ1) is 26.0. The van der Waals surface area contributed by atoms with Gasteiger partial charge in [-0.2, -0.15) is 0 Å². The van der Waals surface area contributed by atoms with Crippen molar-refractivity contribution in [3.05, 3.63) is 0 Å². The van der Waals surface area contributed by atoms with Crippen LogP contribution < -0.4 is 37.7 Å². The molecule has 7 amide bonds. The molecule has 0 unspecified atom stereocenters. The Labute approximate surface area is 314 Å². The summed E-state index contributed by atoms with van der Waals surface area (Å²) in [6.07, 6.45) is 7.54. The molecule has 5 aliphatic heterocycles. The van der Waals surface area contributed by atoms with E-state index in [9.17, 15) is 38.4 Å². The monoisotopic (exact) mass is 759 g/mol. The molecule has 0 bridgehead atoms. The molecule has 0 radical (unpaired) electrons. The first-order valence-corrected chi connectivity index (χ1v) is 19.5. The largest absolute Gasteiger partial charge is 0.345 e. The van der Waals surface area contributed by atoms with Crippen LogP contribution in [0, 0.1) is 0 Å². The van der Waals surface area contributed by atoms with Gasteiger partial charge in [-0.15, -0.1) is 0 Å². The second-order valence-corrected chi connectivity index (χ2v) is 14.9. The summed E-state index contributed by atoms with van der Waals surface area (Å²) in [5, 5.41) is 10.1. The van der Waals surface area contributed by atoms with Crippen LogP contribution in [-0.2, 0) is 38.4 Å². The molecule has 5 aliphatic rings. The average molecular weight is 760 g/mol. The van der Waals surface area contributed by atoms with Crippen LogP contribution in [-0.4, -0.2) is 162 Å². The predicted octanol–water partition coefficient (Wildman–Crippen LogP) is -6.27. The van der Waals surface area contributed by atoms with Crippen LogP contribution in [0.15, 0.2) is 0 Å². The molecule has 0 aromatic rings. The Morgan fingerprint density at radius 3 is 1.94 bits per heavy atom. The van der Waals surface area contributed by atoms with Gasteiger partial charge in [0.05, 0.1) is 32.2 Å². The Hall–Kier alpha value is -4.81. The summed E-state index contributed by atoms with van der Waals surface area (Å²) in [6, 6.07) is -3.96. The van der Waals surface area contributed by atoms with Gasteiger partial charge in [0.15, 0.2) is 6.04 Å². The van der Waals surface area contributed by atoms with E-state index in [1.54, 1.807) is 4.90 Å². The molecule has 0 aromatic carbocycles. The average Bonchev–Trinajstić information content (AvgIpc) is 4.01. The minimum absolute atomic E-state index is 0.000462. The Bertz CT molecular complexity index is 1470. The standard InChI is InChI=1S/C35H55N11O8/c36-35(37)39-14-1-8-23(30(50)40-19-29(49)45-17-6-12-27(45)34(54)43-15-3-7-22(43)21-47)42-32(52)26-11-4-16-44(26)28(48)20-41-31(51)25-10-5-18-46(25)33(53)24-9-2-13-38-24/h21-27,38H,1-20H2,(H,40,50)(H,41,51)(H,42,52)(H4,36,37,39)/p+2/t22-,23-,24-,25-,26-,27-/m0/s1. The second-order valence-electron chi connectivity index (χ2n) is 14.9. The lowest BCUT2D eigenvalue weighted by molar-refractivity contribution is -0.658. The van der Waals surface area contributed by atoms with E-state index < -0.39 is 66.3 Å². The van der Waals surface area contributed by atoms with Gasteiger partial charge >= 0.3 is 5.96 Å². The van der Waals surface area contributed by atoms with E-state index in [1.165, 1.54) is 14.7 Å². The molecule has 298 valence electrons. The number of nitrogens with two attached hydrogens (primary N) is 3. The lowest BCUT2D eigenvalue weighted by Crippen LogP contribution is -2.89. The third-order valence-electron chi connectivity index (χ3n) is 11.3. The highest BCUT2D eigenvalue weighted by atomic mass is 16.2. The maximum atomic E-state index is 13.6. The molecule has 0 aliphatic carbocycles. The van der Waals surface area contributed by atoms with Crippen molar-refractivity contribution in [2.75, 3.05) is 52.4 Å². The minimum atomic E-state index is -1.07. The van der Waals surface area contributed by atoms with Gasteiger partial charge < -0.3 is 45.7 Å². The highest BCUT2D eigenvalue weighted by molar-refractivity contribution is 5.96. The number of nitrogens with one attached hydrogen (secondary N) is 4. The number of rotatable bonds is 15. The van der Waals surface area contributed by atoms with Crippen LogP contribution in [0.3, 0.4) is 0 Å². The van der Waals surface area contributed by atoms with E-state index in [1.807, 2.05) is 5.32 Å². The van der Waals surface area contributed by atoms with Crippen molar-refractivity contribution in [2.45, 2.75) is 113 Å². The fourth-order valence-electron chi connectivity index (χ4n) is 8.42. The number of guanidine groups is 1. The molecule has 54 heavy (non-hydrogen) atoms. The second kappa shape index (κ2) is 19.0. The summed E-state index contributed by atoms with van der Waals surface area (Å²) in [5.41, 5.74) is 11.0. The van der Waals surface area contributed by atoms with Crippen molar-refractivity contribution < 1.29 is 48.7 Å². The molecule has 5 heterocycles. The van der Waals surface area contributed by atoms with Crippen molar-refractivity contribution in [1.82, 2.24) is 35.6 Å². The third kappa shape index (κ3) is 9.83. The first kappa shape index (κ1) is 40.4. The third-order valence-corrected chi connectivity index (χ3v) is 11.3. The Balaban J connectivity index is 1.15. The zero-order chi connectivity index (χ0) is 38.8. The van der Waals surface area contributed by atoms with Gasteiger partial charge in [-0.25, -0.2) is 0 Å². The van der Waals surface area contributed by atoms with Crippen LogP contribution >= 0.6 is 0 Å². The summed E-state index contributed by atoms with van der Waals surface area (Å²) in [4.78, 5) is 113. The molecule has 10 N–H and O–H groups in total. The first-order valence-electron chi connectivity index (χ1n) is 19.5. The van der Waals surface area contributed by atoms with Crippen LogP contribution in [0.1, 0.15) is 77.0 Å². The lowest BCUT2D eigenvalue weighted by Gasteiger charge is -2.30. The molecule has 19 nitrogen and oxygen atoms in total. The summed E-state index contributed by atoms with van der Waals surface area (Å²) in [5.74, 6) is -2.76. The van der Waals surface area contributed by atoms with Gasteiger partial charge in [0, 0.05) is 39.0 Å². The topological polar surface area (TPSA) is 268 Å². The minimum Gasteiger partial charge on any atom is -0.345 e. The summed E-state index contributed by atoms with van der Waals surface area (Å²) in [6.45, 7) is 2.06. The molecular formula is C35H57N11O8+2. The highest BCUT2D eigenvalue weighted by Gasteiger charge is 2.42. The molecule has 5 saturated heterocycles. The fourth-order valence-corrected chi connectivity index (χ4v) is 8.42. The lowest BCUT2D eigenvalue weighted by atomic mass is 10.1. The van der Waals surface area contributed by atoms with Gasteiger partial charge in [-0.3, -0.25) is 50.0 Å². The van der Waals surface area contributed by atoms with Gasteiger partial charge in [-0.1, -0.05) is 0 Å². The number of likely N-dealkylation sites (tertiary alicyclic amines) is 4. The highest BCUT2D eigenvalue weighted by Crippen LogP contribution is 2.25. The number of hydrogen-bond donors (Lipinski definition) is 7. The van der Waals surface area contributed by atoms with Crippen molar-refractivity contribution in [2.24, 2.45) is 11.5 Å². The summed E-state index contributed by atoms with van der Waals surface area (Å²) < 4.78 is 0. The van der Waals surface area contributed by atoms with Crippen LogP contribution in [0.25, 0.3) is 0 Å². The van der Waals surface area contributed by atoms with E-state index in [4.69, 9.17) is 11.5 Å². The quantitative estimate of drug-likeness (QED) is 0.0359. The Kier molecular flexibility index (Phi) is 14.2. The maximum Gasteiger partial charge on any atom is 0.338 e. The molecule has 6 atom stereocenters. The molecular weight excluding hydrogens is 702 g/mol. The number of quaternary nitrogens is 1. The zero-order valence-electron chi connectivity index (χ0n) is 31.0. The number of carbonyl (C=O) groups is 8. The fraction of sp³-hybridized carbons (Fsp3) is 0.743. The molecule has 19 heteroatoms. The number of nitrogens with zero attached hydrogens (tertiary/aromatic N) is 4. The van der Waals surface area contributed by atoms with E-state index in [-0.39, 0.29) is 36.8 Å². The van der Waals surface area contributed by atoms with Crippen LogP contribution in [0.5, 0.6) is 0 Å². The predicted molar refractivity (Wildman–Crippen MR) is 191 cm³/mol. The summed E-state index contributed by atoms with van der Waals surface area (Å²) >= 11 is 0. The van der Waals surface area contributed by atoms with Gasteiger partial charge in [0.1, 0.15) is 30.5 Å². The van der Waals surface area contributed by atoms with Crippen LogP contribution in [0.4, 0.5) is 0 Å². The molecule has 0 spiro atoms. The number of amides is 7. The van der Waals surface area contributed by atoms with E-state index >= 15 is 0 Å². The van der Waals surface area contributed by atoms with Gasteiger partial charge in [0.2, 0.25) is 35.4 Å². The molecule has 0 saturated carbocycles. The SMILES string of the molecule is NC(N)=[NH+]CCC[C@H](NC(=O)[C@@H]1CCCN1C(=O)CNC(=O)[C@@H]1CCCN1C(=O)[C@@H]1CCC[NH2+]1)C(=O)NCC(=O)N1CCC[C@H]1C(=O)N1CCC[C@H]1C=O. The Morgan fingerprint density at radius 1 is 0.704 bits per heavy atom. The summed E-state index contributed by atoms with van der Waals surface area (Å²) in [7, 11) is 0. The number of carbonyl (C=O) groups excluding carboxylic acids is 8. The van der Waals surface area contributed by atoms with Crippen LogP contribution in [0.2, 0.25) is 0 Å². The molecule has 5 fully saturated rings. The van der Waals surface area contributed by atoms with E-state index in [2.05, 4.69) is 20.9 Å². The smallest absolute Gasteiger partial charge is 0.338 e. The molecule has 5 rings (SSSR count). The van der Waals surface area contributed by atoms with E-state index in [0.717, 1.165) is 32.1 Å². The van der Waals surface area contributed by atoms with Crippen molar-refractivity contribution in [3.63, 3.8) is 0 Å². The molecule has 0 aromatic heterocycles. The number of aldehydes is 1. The van der Waals surface area contributed by atoms with Gasteiger partial charge in [-0.05, 0) is 64.2 Å².